The van der Waals surface area contributed by atoms with Crippen molar-refractivity contribution in [1.82, 2.24) is 10.6 Å². The van der Waals surface area contributed by atoms with Gasteiger partial charge in [0.15, 0.2) is 5.78 Å². The normalized spacial score (nSPS) is 21.0. The Morgan fingerprint density at radius 1 is 1.10 bits per heavy atom. The fourth-order valence-corrected chi connectivity index (χ4v) is 5.45. The number of primary amides is 1. The molecule has 2 unspecified atom stereocenters. The van der Waals surface area contributed by atoms with Crippen LogP contribution in [0.1, 0.15) is 61.2 Å². The Bertz CT molecular complexity index is 1150. The van der Waals surface area contributed by atoms with Crippen molar-refractivity contribution < 1.29 is 28.2 Å². The average Bonchev–Trinajstić information content (AvgIpc) is 2.87. The number of rotatable bonds is 10. The second-order valence-corrected chi connectivity index (χ2v) is 11.2. The molecule has 4 N–H and O–H groups in total. The third kappa shape index (κ3) is 8.10. The number of methoxy groups -OCH3 is 1. The Hall–Kier alpha value is -3.30. The lowest BCUT2D eigenvalue weighted by Gasteiger charge is -2.43. The van der Waals surface area contributed by atoms with Crippen molar-refractivity contribution in [2.45, 2.75) is 58.3 Å². The van der Waals surface area contributed by atoms with Gasteiger partial charge >= 0.3 is 6.09 Å². The van der Waals surface area contributed by atoms with E-state index in [1.165, 1.54) is 6.07 Å². The lowest BCUT2D eigenvalue weighted by molar-refractivity contribution is -0.119. The second-order valence-electron chi connectivity index (χ2n) is 11.2. The van der Waals surface area contributed by atoms with Crippen LogP contribution in [0, 0.1) is 30.5 Å². The SMILES string of the molecule is COC(C[C@@H]1[C@@H](C(=O)c2ccccc2)CNC[C@H]1C(CC(N)=O)NC(=O)OC(C)(C)C)c1cccc(F)c1C. The van der Waals surface area contributed by atoms with Crippen molar-refractivity contribution in [1.29, 1.82) is 0 Å². The number of Topliss-reactive ketones (excluding diaryl/α,β-unsaturated/α-hetero) is 1. The van der Waals surface area contributed by atoms with Gasteiger partial charge in [-0.3, -0.25) is 9.59 Å². The molecule has 1 aliphatic rings. The molecule has 9 heteroatoms. The molecule has 0 radical (unpaired) electrons. The Morgan fingerprint density at radius 2 is 1.79 bits per heavy atom. The monoisotopic (exact) mass is 541 g/mol. The van der Waals surface area contributed by atoms with Crippen LogP contribution in [0.5, 0.6) is 0 Å². The summed E-state index contributed by atoms with van der Waals surface area (Å²) in [5.41, 5.74) is 6.59. The van der Waals surface area contributed by atoms with Gasteiger partial charge in [-0.05, 0) is 63.1 Å². The predicted molar refractivity (Wildman–Crippen MR) is 147 cm³/mol. The van der Waals surface area contributed by atoms with Gasteiger partial charge < -0.3 is 25.8 Å². The van der Waals surface area contributed by atoms with Crippen molar-refractivity contribution in [2.75, 3.05) is 20.2 Å². The highest BCUT2D eigenvalue weighted by molar-refractivity contribution is 5.98. The summed E-state index contributed by atoms with van der Waals surface area (Å²) in [6.45, 7) is 7.78. The lowest BCUT2D eigenvalue weighted by Crippen LogP contribution is -2.56. The van der Waals surface area contributed by atoms with E-state index in [4.69, 9.17) is 15.2 Å². The first kappa shape index (κ1) is 30.2. The maximum absolute atomic E-state index is 14.5. The van der Waals surface area contributed by atoms with E-state index < -0.39 is 35.7 Å². The van der Waals surface area contributed by atoms with Crippen molar-refractivity contribution in [2.24, 2.45) is 23.5 Å². The number of hydrogen-bond donors (Lipinski definition) is 3. The highest BCUT2D eigenvalue weighted by Crippen LogP contribution is 2.39. The summed E-state index contributed by atoms with van der Waals surface area (Å²) in [5, 5.41) is 6.17. The molecule has 39 heavy (non-hydrogen) atoms. The molecule has 1 aliphatic heterocycles. The zero-order valence-electron chi connectivity index (χ0n) is 23.3. The quantitative estimate of drug-likeness (QED) is 0.386. The minimum absolute atomic E-state index is 0.0567. The van der Waals surface area contributed by atoms with Gasteiger partial charge in [0, 0.05) is 44.1 Å². The molecular weight excluding hydrogens is 501 g/mol. The number of nitrogens with one attached hydrogen (secondary N) is 2. The summed E-state index contributed by atoms with van der Waals surface area (Å²) >= 11 is 0. The van der Waals surface area contributed by atoms with E-state index in [9.17, 15) is 18.8 Å². The van der Waals surface area contributed by atoms with Crippen LogP contribution in [-0.4, -0.2) is 49.6 Å². The van der Waals surface area contributed by atoms with Crippen LogP contribution in [0.15, 0.2) is 48.5 Å². The second kappa shape index (κ2) is 13.2. The molecule has 5 atom stereocenters. The molecule has 0 spiro atoms. The Labute approximate surface area is 229 Å². The van der Waals surface area contributed by atoms with Gasteiger partial charge in [-0.15, -0.1) is 0 Å². The Morgan fingerprint density at radius 3 is 2.41 bits per heavy atom. The molecule has 2 aromatic rings. The average molecular weight is 542 g/mol. The molecular formula is C30H40FN3O5. The van der Waals surface area contributed by atoms with Gasteiger partial charge in [0.05, 0.1) is 6.10 Å². The Balaban J connectivity index is 2.02. The number of ketones is 1. The van der Waals surface area contributed by atoms with Gasteiger partial charge in [-0.2, -0.15) is 0 Å². The first-order chi connectivity index (χ1) is 18.4. The van der Waals surface area contributed by atoms with Crippen molar-refractivity contribution in [3.63, 3.8) is 0 Å². The first-order valence-corrected chi connectivity index (χ1v) is 13.3. The van der Waals surface area contributed by atoms with Crippen LogP contribution in [0.3, 0.4) is 0 Å². The molecule has 3 rings (SSSR count). The molecule has 2 amide bonds. The smallest absolute Gasteiger partial charge is 0.407 e. The molecule has 1 saturated heterocycles. The molecule has 1 fully saturated rings. The van der Waals surface area contributed by atoms with E-state index in [0.29, 0.717) is 36.2 Å². The Kier molecular flexibility index (Phi) is 10.2. The summed E-state index contributed by atoms with van der Waals surface area (Å²) in [6.07, 6.45) is -0.964. The van der Waals surface area contributed by atoms with Gasteiger partial charge in [0.25, 0.3) is 0 Å². The summed E-state index contributed by atoms with van der Waals surface area (Å²) in [6, 6.07) is 13.2. The van der Waals surface area contributed by atoms with E-state index in [1.54, 1.807) is 53.0 Å². The van der Waals surface area contributed by atoms with E-state index in [1.807, 2.05) is 24.3 Å². The number of piperidine rings is 1. The van der Waals surface area contributed by atoms with Gasteiger partial charge in [0.2, 0.25) is 5.91 Å². The van der Waals surface area contributed by atoms with E-state index >= 15 is 0 Å². The third-order valence-corrected chi connectivity index (χ3v) is 7.27. The maximum Gasteiger partial charge on any atom is 0.407 e. The number of ether oxygens (including phenoxy) is 2. The number of benzene rings is 2. The van der Waals surface area contributed by atoms with Crippen molar-refractivity contribution in [3.05, 3.63) is 71.0 Å². The van der Waals surface area contributed by atoms with Crippen LogP contribution < -0.4 is 16.4 Å². The van der Waals surface area contributed by atoms with Gasteiger partial charge in [-0.1, -0.05) is 42.5 Å². The first-order valence-electron chi connectivity index (χ1n) is 13.3. The number of amides is 2. The zero-order valence-corrected chi connectivity index (χ0v) is 23.3. The highest BCUT2D eigenvalue weighted by Gasteiger charge is 2.43. The predicted octanol–water partition coefficient (Wildman–Crippen LogP) is 4.32. The van der Waals surface area contributed by atoms with Crippen LogP contribution in [0.4, 0.5) is 9.18 Å². The summed E-state index contributed by atoms with van der Waals surface area (Å²) in [7, 11) is 1.55. The molecule has 0 aromatic heterocycles. The number of carbonyl (C=O) groups excluding carboxylic acids is 3. The van der Waals surface area contributed by atoms with Gasteiger partial charge in [-0.25, -0.2) is 9.18 Å². The zero-order chi connectivity index (χ0) is 28.7. The lowest BCUT2D eigenvalue weighted by atomic mass is 9.68. The number of nitrogens with two attached hydrogens (primary N) is 1. The number of hydrogen-bond acceptors (Lipinski definition) is 6. The van der Waals surface area contributed by atoms with Crippen LogP contribution in [0.2, 0.25) is 0 Å². The summed E-state index contributed by atoms with van der Waals surface area (Å²) in [4.78, 5) is 38.7. The maximum atomic E-state index is 14.5. The third-order valence-electron chi connectivity index (χ3n) is 7.27. The summed E-state index contributed by atoms with van der Waals surface area (Å²) in [5.74, 6) is -2.19. The minimum Gasteiger partial charge on any atom is -0.444 e. The van der Waals surface area contributed by atoms with Crippen LogP contribution >= 0.6 is 0 Å². The fourth-order valence-electron chi connectivity index (χ4n) is 5.45. The fraction of sp³-hybridized carbons (Fsp3) is 0.500. The van der Waals surface area contributed by atoms with E-state index in [0.717, 1.165) is 0 Å². The topological polar surface area (TPSA) is 120 Å². The molecule has 212 valence electrons. The molecule has 2 aromatic carbocycles. The van der Waals surface area contributed by atoms with Crippen LogP contribution in [-0.2, 0) is 14.3 Å². The number of carbonyl (C=O) groups is 3. The number of alkyl carbamates (subject to hydrolysis) is 1. The van der Waals surface area contributed by atoms with Crippen molar-refractivity contribution in [3.8, 4) is 0 Å². The molecule has 0 bridgehead atoms. The minimum atomic E-state index is -0.743. The number of halogens is 1. The highest BCUT2D eigenvalue weighted by atomic mass is 19.1. The molecule has 0 aliphatic carbocycles. The van der Waals surface area contributed by atoms with Crippen LogP contribution in [0.25, 0.3) is 0 Å². The summed E-state index contributed by atoms with van der Waals surface area (Å²) < 4.78 is 25.8. The molecule has 0 saturated carbocycles. The standard InChI is InChI=1S/C30H40FN3O5/c1-18-20(12-9-13-24(18)31)26(38-5)14-21-22(25(15-27(32)35)34-29(37)39-30(2,3)4)16-33-17-23(21)28(36)19-10-7-6-8-11-19/h6-13,21-23,25-26,33H,14-17H2,1-5H3,(H2,32,35)(H,34,37)/t21-,22+,23-,25?,26?/m0/s1. The van der Waals surface area contributed by atoms with Crippen molar-refractivity contribution >= 4 is 17.8 Å². The molecule has 1 heterocycles. The van der Waals surface area contributed by atoms with E-state index in [-0.39, 0.29) is 29.9 Å². The molecule has 8 nitrogen and oxygen atoms in total. The largest absolute Gasteiger partial charge is 0.444 e. The van der Waals surface area contributed by atoms with E-state index in [2.05, 4.69) is 10.6 Å². The van der Waals surface area contributed by atoms with Gasteiger partial charge in [0.1, 0.15) is 11.4 Å².